The number of halogens is 1. The standard InChI is InChI=1S/C17H15BrO2/c1-11(19)10-20-17-15-5-3-2-4-12(15)8-13-6-7-14(18)9-16(13)17/h2-9,11,19H,10H2,1H3. The Morgan fingerprint density at radius 1 is 1.05 bits per heavy atom. The summed E-state index contributed by atoms with van der Waals surface area (Å²) >= 11 is 3.51. The Labute approximate surface area is 126 Å². The molecule has 0 bridgehead atoms. The quantitative estimate of drug-likeness (QED) is 0.715. The minimum absolute atomic E-state index is 0.287. The van der Waals surface area contributed by atoms with E-state index in [9.17, 15) is 5.11 Å². The zero-order valence-corrected chi connectivity index (χ0v) is 12.7. The van der Waals surface area contributed by atoms with Crippen LogP contribution in [0.15, 0.2) is 53.0 Å². The van der Waals surface area contributed by atoms with Crippen molar-refractivity contribution in [3.8, 4) is 5.75 Å². The lowest BCUT2D eigenvalue weighted by Crippen LogP contribution is -2.13. The lowest BCUT2D eigenvalue weighted by molar-refractivity contribution is 0.124. The number of aliphatic hydroxyl groups excluding tert-OH is 1. The maximum atomic E-state index is 9.48. The van der Waals surface area contributed by atoms with E-state index in [4.69, 9.17) is 4.74 Å². The fourth-order valence-electron chi connectivity index (χ4n) is 2.35. The van der Waals surface area contributed by atoms with E-state index >= 15 is 0 Å². The number of ether oxygens (including phenoxy) is 1. The molecule has 0 saturated heterocycles. The van der Waals surface area contributed by atoms with Crippen LogP contribution in [0.4, 0.5) is 0 Å². The number of rotatable bonds is 3. The zero-order valence-electron chi connectivity index (χ0n) is 11.1. The number of benzene rings is 3. The smallest absolute Gasteiger partial charge is 0.135 e. The highest BCUT2D eigenvalue weighted by atomic mass is 79.9. The summed E-state index contributed by atoms with van der Waals surface area (Å²) in [6, 6.07) is 16.5. The van der Waals surface area contributed by atoms with Gasteiger partial charge < -0.3 is 9.84 Å². The van der Waals surface area contributed by atoms with Crippen molar-refractivity contribution in [3.05, 3.63) is 53.0 Å². The molecule has 102 valence electrons. The predicted molar refractivity (Wildman–Crippen MR) is 86.3 cm³/mol. The average molecular weight is 331 g/mol. The topological polar surface area (TPSA) is 29.5 Å². The Hall–Kier alpha value is -1.58. The van der Waals surface area contributed by atoms with Gasteiger partial charge in [-0.2, -0.15) is 0 Å². The third-order valence-electron chi connectivity index (χ3n) is 3.25. The monoisotopic (exact) mass is 330 g/mol. The van der Waals surface area contributed by atoms with Gasteiger partial charge >= 0.3 is 0 Å². The number of fused-ring (bicyclic) bond motifs is 2. The SMILES string of the molecule is CC(O)COc1c2ccccc2cc2ccc(Br)cc12. The number of hydrogen-bond donors (Lipinski definition) is 1. The van der Waals surface area contributed by atoms with Crippen molar-refractivity contribution in [3.63, 3.8) is 0 Å². The minimum atomic E-state index is -0.490. The van der Waals surface area contributed by atoms with Gasteiger partial charge in [-0.15, -0.1) is 0 Å². The van der Waals surface area contributed by atoms with Gasteiger partial charge in [-0.1, -0.05) is 46.3 Å². The van der Waals surface area contributed by atoms with Gasteiger partial charge in [0.25, 0.3) is 0 Å². The van der Waals surface area contributed by atoms with Crippen LogP contribution in [0.1, 0.15) is 6.92 Å². The van der Waals surface area contributed by atoms with Crippen molar-refractivity contribution in [2.75, 3.05) is 6.61 Å². The molecule has 3 heteroatoms. The number of hydrogen-bond acceptors (Lipinski definition) is 2. The summed E-state index contributed by atoms with van der Waals surface area (Å²) in [5.74, 6) is 0.834. The Morgan fingerprint density at radius 3 is 2.60 bits per heavy atom. The largest absolute Gasteiger partial charge is 0.490 e. The highest BCUT2D eigenvalue weighted by molar-refractivity contribution is 9.10. The Morgan fingerprint density at radius 2 is 1.80 bits per heavy atom. The molecule has 1 atom stereocenters. The number of aliphatic hydroxyl groups is 1. The van der Waals surface area contributed by atoms with E-state index in [2.05, 4.69) is 40.2 Å². The van der Waals surface area contributed by atoms with E-state index in [-0.39, 0.29) is 6.61 Å². The van der Waals surface area contributed by atoms with Gasteiger partial charge in [0.1, 0.15) is 12.4 Å². The molecule has 3 aromatic rings. The van der Waals surface area contributed by atoms with Gasteiger partial charge in [0.2, 0.25) is 0 Å². The van der Waals surface area contributed by atoms with Crippen LogP contribution in [0.3, 0.4) is 0 Å². The van der Waals surface area contributed by atoms with Crippen LogP contribution < -0.4 is 4.74 Å². The van der Waals surface area contributed by atoms with Crippen LogP contribution in [0.5, 0.6) is 5.75 Å². The van der Waals surface area contributed by atoms with Crippen LogP contribution in [0.25, 0.3) is 21.5 Å². The lowest BCUT2D eigenvalue weighted by atomic mass is 10.0. The van der Waals surface area contributed by atoms with E-state index < -0.39 is 6.10 Å². The fraction of sp³-hybridized carbons (Fsp3) is 0.176. The van der Waals surface area contributed by atoms with E-state index in [1.807, 2.05) is 24.3 Å². The highest BCUT2D eigenvalue weighted by Gasteiger charge is 2.10. The second-order valence-electron chi connectivity index (χ2n) is 4.95. The summed E-state index contributed by atoms with van der Waals surface area (Å²) in [6.45, 7) is 2.01. The van der Waals surface area contributed by atoms with Gasteiger partial charge in [0.05, 0.1) is 6.10 Å². The van der Waals surface area contributed by atoms with Crippen LogP contribution >= 0.6 is 15.9 Å². The molecule has 0 spiro atoms. The molecule has 1 N–H and O–H groups in total. The summed E-state index contributed by atoms with van der Waals surface area (Å²) in [5.41, 5.74) is 0. The van der Waals surface area contributed by atoms with Crippen LogP contribution in [0.2, 0.25) is 0 Å². The third kappa shape index (κ3) is 2.51. The molecule has 20 heavy (non-hydrogen) atoms. The highest BCUT2D eigenvalue weighted by Crippen LogP contribution is 2.36. The molecule has 0 amide bonds. The Kier molecular flexibility index (Phi) is 3.64. The van der Waals surface area contributed by atoms with Crippen molar-refractivity contribution < 1.29 is 9.84 Å². The third-order valence-corrected chi connectivity index (χ3v) is 3.74. The molecule has 0 aliphatic rings. The first-order valence-electron chi connectivity index (χ1n) is 6.57. The first-order chi connectivity index (χ1) is 9.65. The van der Waals surface area contributed by atoms with Crippen LogP contribution in [0, 0.1) is 0 Å². The molecule has 0 radical (unpaired) electrons. The van der Waals surface area contributed by atoms with Crippen molar-refractivity contribution in [1.29, 1.82) is 0 Å². The van der Waals surface area contributed by atoms with Crippen LogP contribution in [-0.2, 0) is 0 Å². The molecule has 0 heterocycles. The lowest BCUT2D eigenvalue weighted by Gasteiger charge is -2.14. The Balaban J connectivity index is 2.29. The summed E-state index contributed by atoms with van der Waals surface area (Å²) in [7, 11) is 0. The van der Waals surface area contributed by atoms with Crippen molar-refractivity contribution in [2.24, 2.45) is 0 Å². The summed E-state index contributed by atoms with van der Waals surface area (Å²) in [4.78, 5) is 0. The summed E-state index contributed by atoms with van der Waals surface area (Å²) in [5, 5.41) is 13.9. The fourth-order valence-corrected chi connectivity index (χ4v) is 2.71. The van der Waals surface area contributed by atoms with E-state index in [1.165, 1.54) is 0 Å². The van der Waals surface area contributed by atoms with Crippen molar-refractivity contribution in [2.45, 2.75) is 13.0 Å². The molecule has 0 aliphatic carbocycles. The van der Waals surface area contributed by atoms with Gasteiger partial charge in [-0.05, 0) is 35.9 Å². The second kappa shape index (κ2) is 5.43. The average Bonchev–Trinajstić information content (AvgIpc) is 2.43. The normalized spacial score (nSPS) is 12.8. The van der Waals surface area contributed by atoms with Crippen molar-refractivity contribution >= 4 is 37.5 Å². The molecular weight excluding hydrogens is 316 g/mol. The summed E-state index contributed by atoms with van der Waals surface area (Å²) < 4.78 is 6.89. The molecule has 3 aromatic carbocycles. The van der Waals surface area contributed by atoms with Gasteiger partial charge in [0.15, 0.2) is 0 Å². The van der Waals surface area contributed by atoms with E-state index in [0.717, 1.165) is 31.8 Å². The maximum Gasteiger partial charge on any atom is 0.135 e. The minimum Gasteiger partial charge on any atom is -0.490 e. The van der Waals surface area contributed by atoms with Gasteiger partial charge in [-0.25, -0.2) is 0 Å². The Bertz CT molecular complexity index is 765. The maximum absolute atomic E-state index is 9.48. The van der Waals surface area contributed by atoms with E-state index in [1.54, 1.807) is 6.92 Å². The molecule has 0 fully saturated rings. The first-order valence-corrected chi connectivity index (χ1v) is 7.36. The molecule has 0 aliphatic heterocycles. The van der Waals surface area contributed by atoms with Crippen LogP contribution in [-0.4, -0.2) is 17.8 Å². The van der Waals surface area contributed by atoms with E-state index in [0.29, 0.717) is 0 Å². The van der Waals surface area contributed by atoms with Gasteiger partial charge in [-0.3, -0.25) is 0 Å². The molecule has 0 aromatic heterocycles. The molecule has 1 unspecified atom stereocenters. The predicted octanol–water partition coefficient (Wildman–Crippen LogP) is 4.52. The molecule has 2 nitrogen and oxygen atoms in total. The first kappa shape index (κ1) is 13.4. The second-order valence-corrected chi connectivity index (χ2v) is 5.87. The molecular formula is C17H15BrO2. The molecule has 3 rings (SSSR count). The van der Waals surface area contributed by atoms with Crippen molar-refractivity contribution in [1.82, 2.24) is 0 Å². The van der Waals surface area contributed by atoms with Gasteiger partial charge in [0, 0.05) is 15.2 Å². The molecule has 0 saturated carbocycles. The zero-order chi connectivity index (χ0) is 14.1. The summed E-state index contributed by atoms with van der Waals surface area (Å²) in [6.07, 6.45) is -0.490.